The molecular weight excluding hydrogens is 386 g/mol. The maximum atomic E-state index is 13.1. The van der Waals surface area contributed by atoms with Gasteiger partial charge in [0, 0.05) is 10.4 Å². The molecule has 1 atom stereocenters. The molecule has 0 saturated heterocycles. The lowest BCUT2D eigenvalue weighted by molar-refractivity contribution is 0.0935. The molecule has 0 saturated carbocycles. The first kappa shape index (κ1) is 18.9. The molecule has 0 bridgehead atoms. The van der Waals surface area contributed by atoms with Gasteiger partial charge >= 0.3 is 0 Å². The highest BCUT2D eigenvalue weighted by Crippen LogP contribution is 2.19. The van der Waals surface area contributed by atoms with Gasteiger partial charge in [-0.1, -0.05) is 60.1 Å². The summed E-state index contributed by atoms with van der Waals surface area (Å²) in [5.41, 5.74) is 1.45. The number of carbonyl (C=O) groups excluding carboxylic acids is 1. The van der Waals surface area contributed by atoms with Gasteiger partial charge in [-0.3, -0.25) is 9.59 Å². The third kappa shape index (κ3) is 3.77. The molecule has 0 radical (unpaired) electrons. The number of hydrogen-bond donors (Lipinski definition) is 1. The summed E-state index contributed by atoms with van der Waals surface area (Å²) < 4.78 is 1.27. The topological polar surface area (TPSA) is 64.0 Å². The molecule has 1 unspecified atom stereocenters. The summed E-state index contributed by atoms with van der Waals surface area (Å²) in [4.78, 5) is 26.0. The molecule has 1 N–H and O–H groups in total. The maximum Gasteiger partial charge on any atom is 0.279 e. The number of benzene rings is 3. The highest BCUT2D eigenvalue weighted by molar-refractivity contribution is 6.30. The van der Waals surface area contributed by atoms with E-state index in [9.17, 15) is 9.59 Å². The van der Waals surface area contributed by atoms with Crippen molar-refractivity contribution in [2.45, 2.75) is 13.0 Å². The number of carbonyl (C=O) groups is 1. The van der Waals surface area contributed by atoms with E-state index in [4.69, 9.17) is 11.6 Å². The Morgan fingerprint density at radius 1 is 0.931 bits per heavy atom. The van der Waals surface area contributed by atoms with Crippen molar-refractivity contribution in [3.05, 3.63) is 105 Å². The van der Waals surface area contributed by atoms with E-state index >= 15 is 0 Å². The summed E-state index contributed by atoms with van der Waals surface area (Å²) in [7, 11) is 0. The summed E-state index contributed by atoms with van der Waals surface area (Å²) in [6, 6.07) is 23.1. The van der Waals surface area contributed by atoms with Gasteiger partial charge in [-0.25, -0.2) is 0 Å². The molecule has 144 valence electrons. The molecule has 0 aliphatic carbocycles. The standard InChI is InChI=1S/C23H18ClN3O2/c1-15(16-11-13-17(24)14-12-16)25-22(28)21-19-9-5-6-10-20(19)23(29)27(26-21)18-7-3-2-4-8-18/h2-15H,1H3,(H,25,28). The van der Waals surface area contributed by atoms with Crippen molar-refractivity contribution in [3.8, 4) is 5.69 Å². The van der Waals surface area contributed by atoms with E-state index in [0.717, 1.165) is 5.56 Å². The van der Waals surface area contributed by atoms with E-state index < -0.39 is 0 Å². The number of hydrogen-bond acceptors (Lipinski definition) is 3. The van der Waals surface area contributed by atoms with Crippen LogP contribution in [0.4, 0.5) is 0 Å². The first-order chi connectivity index (χ1) is 14.0. The Labute approximate surface area is 172 Å². The van der Waals surface area contributed by atoms with E-state index in [1.807, 2.05) is 37.3 Å². The number of nitrogens with one attached hydrogen (secondary N) is 1. The van der Waals surface area contributed by atoms with Gasteiger partial charge < -0.3 is 5.32 Å². The van der Waals surface area contributed by atoms with Crippen LogP contribution in [0, 0.1) is 0 Å². The third-order valence-electron chi connectivity index (χ3n) is 4.74. The summed E-state index contributed by atoms with van der Waals surface area (Å²) >= 11 is 5.94. The summed E-state index contributed by atoms with van der Waals surface area (Å²) in [6.07, 6.45) is 0. The highest BCUT2D eigenvalue weighted by Gasteiger charge is 2.19. The first-order valence-corrected chi connectivity index (χ1v) is 9.56. The van der Waals surface area contributed by atoms with Gasteiger partial charge in [0.1, 0.15) is 0 Å². The van der Waals surface area contributed by atoms with Gasteiger partial charge in [-0.2, -0.15) is 9.78 Å². The second-order valence-electron chi connectivity index (χ2n) is 6.69. The number of rotatable bonds is 4. The van der Waals surface area contributed by atoms with Crippen molar-refractivity contribution < 1.29 is 4.79 Å². The van der Waals surface area contributed by atoms with Gasteiger partial charge in [0.05, 0.1) is 17.1 Å². The van der Waals surface area contributed by atoms with Crippen LogP contribution in [0.1, 0.15) is 29.0 Å². The Kier molecular flexibility index (Phi) is 5.14. The van der Waals surface area contributed by atoms with E-state index in [-0.39, 0.29) is 23.2 Å². The molecule has 0 aliphatic heterocycles. The zero-order valence-corrected chi connectivity index (χ0v) is 16.4. The molecule has 1 aromatic heterocycles. The fraction of sp³-hybridized carbons (Fsp3) is 0.0870. The average Bonchev–Trinajstić information content (AvgIpc) is 2.75. The van der Waals surface area contributed by atoms with Crippen LogP contribution in [0.2, 0.25) is 5.02 Å². The van der Waals surface area contributed by atoms with Crippen molar-refractivity contribution >= 4 is 28.3 Å². The highest BCUT2D eigenvalue weighted by atomic mass is 35.5. The quantitative estimate of drug-likeness (QED) is 0.544. The first-order valence-electron chi connectivity index (χ1n) is 9.18. The Balaban J connectivity index is 1.78. The monoisotopic (exact) mass is 403 g/mol. The second kappa shape index (κ2) is 7.89. The largest absolute Gasteiger partial charge is 0.344 e. The van der Waals surface area contributed by atoms with Gasteiger partial charge in [0.2, 0.25) is 0 Å². The lowest BCUT2D eigenvalue weighted by atomic mass is 10.1. The van der Waals surface area contributed by atoms with E-state index in [2.05, 4.69) is 10.4 Å². The van der Waals surface area contributed by atoms with Gasteiger partial charge in [-0.05, 0) is 42.8 Å². The lowest BCUT2D eigenvalue weighted by Crippen LogP contribution is -2.31. The van der Waals surface area contributed by atoms with Crippen LogP contribution in [-0.4, -0.2) is 15.7 Å². The number of fused-ring (bicyclic) bond motifs is 1. The van der Waals surface area contributed by atoms with Crippen LogP contribution in [0.5, 0.6) is 0 Å². The molecule has 4 rings (SSSR count). The Hall–Kier alpha value is -3.44. The molecule has 0 aliphatic rings. The molecule has 0 fully saturated rings. The smallest absolute Gasteiger partial charge is 0.279 e. The number of halogens is 1. The average molecular weight is 404 g/mol. The molecule has 3 aromatic carbocycles. The zero-order chi connectivity index (χ0) is 20.4. The van der Waals surface area contributed by atoms with Crippen LogP contribution in [-0.2, 0) is 0 Å². The van der Waals surface area contributed by atoms with E-state index in [1.165, 1.54) is 4.68 Å². The number of nitrogens with zero attached hydrogens (tertiary/aromatic N) is 2. The van der Waals surface area contributed by atoms with Crippen molar-refractivity contribution in [1.29, 1.82) is 0 Å². The summed E-state index contributed by atoms with van der Waals surface area (Å²) in [5.74, 6) is -0.353. The van der Waals surface area contributed by atoms with Crippen molar-refractivity contribution in [1.82, 2.24) is 15.1 Å². The maximum absolute atomic E-state index is 13.1. The fourth-order valence-corrected chi connectivity index (χ4v) is 3.33. The molecule has 1 amide bonds. The van der Waals surface area contributed by atoms with Crippen LogP contribution in [0.15, 0.2) is 83.7 Å². The molecular formula is C23H18ClN3O2. The predicted molar refractivity (Wildman–Crippen MR) is 115 cm³/mol. The van der Waals surface area contributed by atoms with Crippen LogP contribution in [0.3, 0.4) is 0 Å². The van der Waals surface area contributed by atoms with Crippen LogP contribution < -0.4 is 10.9 Å². The minimum Gasteiger partial charge on any atom is -0.344 e. The summed E-state index contributed by atoms with van der Waals surface area (Å²) in [6.45, 7) is 1.89. The Morgan fingerprint density at radius 3 is 2.24 bits per heavy atom. The minimum atomic E-state index is -0.353. The van der Waals surface area contributed by atoms with Crippen LogP contribution >= 0.6 is 11.6 Å². The molecule has 0 spiro atoms. The van der Waals surface area contributed by atoms with Gasteiger partial charge in [-0.15, -0.1) is 0 Å². The zero-order valence-electron chi connectivity index (χ0n) is 15.7. The number of amides is 1. The molecule has 29 heavy (non-hydrogen) atoms. The van der Waals surface area contributed by atoms with E-state index in [0.29, 0.717) is 21.5 Å². The number of aromatic nitrogens is 2. The Bertz CT molecular complexity index is 1230. The van der Waals surface area contributed by atoms with Crippen molar-refractivity contribution in [2.75, 3.05) is 0 Å². The summed E-state index contributed by atoms with van der Waals surface area (Å²) in [5, 5.41) is 8.96. The van der Waals surface area contributed by atoms with Crippen molar-refractivity contribution in [2.24, 2.45) is 0 Å². The van der Waals surface area contributed by atoms with Gasteiger partial charge in [0.25, 0.3) is 11.5 Å². The third-order valence-corrected chi connectivity index (χ3v) is 4.99. The normalized spacial score (nSPS) is 11.9. The molecule has 6 heteroatoms. The SMILES string of the molecule is CC(NC(=O)c1nn(-c2ccccc2)c(=O)c2ccccc12)c1ccc(Cl)cc1. The van der Waals surface area contributed by atoms with Crippen LogP contribution in [0.25, 0.3) is 16.5 Å². The Morgan fingerprint density at radius 2 is 1.55 bits per heavy atom. The molecule has 1 heterocycles. The molecule has 5 nitrogen and oxygen atoms in total. The number of para-hydroxylation sites is 1. The fourth-order valence-electron chi connectivity index (χ4n) is 3.20. The lowest BCUT2D eigenvalue weighted by Gasteiger charge is -2.16. The molecule has 4 aromatic rings. The van der Waals surface area contributed by atoms with Crippen molar-refractivity contribution in [3.63, 3.8) is 0 Å². The predicted octanol–water partition coefficient (Wildman–Crippen LogP) is 4.53. The minimum absolute atomic E-state index is 0.199. The van der Waals surface area contributed by atoms with E-state index in [1.54, 1.807) is 48.5 Å². The second-order valence-corrected chi connectivity index (χ2v) is 7.13. The van der Waals surface area contributed by atoms with Gasteiger partial charge in [0.15, 0.2) is 5.69 Å².